The van der Waals surface area contributed by atoms with Crippen LogP contribution in [0.15, 0.2) is 58.3 Å². The van der Waals surface area contributed by atoms with Gasteiger partial charge in [-0.3, -0.25) is 0 Å². The van der Waals surface area contributed by atoms with E-state index in [2.05, 4.69) is 5.32 Å². The van der Waals surface area contributed by atoms with Crippen molar-refractivity contribution in [2.45, 2.75) is 22.8 Å². The summed E-state index contributed by atoms with van der Waals surface area (Å²) >= 11 is 0. The minimum Gasteiger partial charge on any atom is -0.486 e. The second-order valence-corrected chi connectivity index (χ2v) is 7.23. The van der Waals surface area contributed by atoms with Crippen LogP contribution in [0.3, 0.4) is 0 Å². The molecule has 6 heteroatoms. The maximum Gasteiger partial charge on any atom is 0.206 e. The lowest BCUT2D eigenvalue weighted by molar-refractivity contribution is 0.0904. The van der Waals surface area contributed by atoms with E-state index >= 15 is 0 Å². The predicted octanol–water partition coefficient (Wildman–Crippen LogP) is 2.27. The molecule has 23 heavy (non-hydrogen) atoms. The summed E-state index contributed by atoms with van der Waals surface area (Å²) < 4.78 is 36.8. The van der Waals surface area contributed by atoms with Crippen molar-refractivity contribution in [3.63, 3.8) is 0 Å². The van der Waals surface area contributed by atoms with E-state index in [9.17, 15) is 8.42 Å². The Morgan fingerprint density at radius 1 is 1.09 bits per heavy atom. The van der Waals surface area contributed by atoms with Gasteiger partial charge in [0.1, 0.15) is 12.7 Å². The highest BCUT2D eigenvalue weighted by atomic mass is 32.2. The summed E-state index contributed by atoms with van der Waals surface area (Å²) in [4.78, 5) is 0.469. The van der Waals surface area contributed by atoms with Gasteiger partial charge in [-0.2, -0.15) is 0 Å². The molecule has 1 heterocycles. The maximum atomic E-state index is 12.7. The van der Waals surface area contributed by atoms with Crippen molar-refractivity contribution in [3.8, 4) is 11.5 Å². The van der Waals surface area contributed by atoms with Gasteiger partial charge in [-0.05, 0) is 30.8 Å². The van der Waals surface area contributed by atoms with Crippen LogP contribution >= 0.6 is 0 Å². The van der Waals surface area contributed by atoms with E-state index in [0.717, 1.165) is 6.54 Å². The van der Waals surface area contributed by atoms with E-state index in [1.165, 1.54) is 6.07 Å². The average molecular weight is 333 g/mol. The smallest absolute Gasteiger partial charge is 0.206 e. The highest BCUT2D eigenvalue weighted by Gasteiger charge is 2.24. The van der Waals surface area contributed by atoms with E-state index in [0.29, 0.717) is 24.7 Å². The number of ether oxygens (including phenoxy) is 2. The fraction of sp³-hybridized carbons (Fsp3) is 0.294. The molecule has 0 amide bonds. The van der Waals surface area contributed by atoms with Gasteiger partial charge in [-0.15, -0.1) is 0 Å². The van der Waals surface area contributed by atoms with Crippen LogP contribution in [0.4, 0.5) is 0 Å². The van der Waals surface area contributed by atoms with Crippen molar-refractivity contribution in [2.75, 3.05) is 19.7 Å². The molecule has 0 fully saturated rings. The first-order chi connectivity index (χ1) is 11.1. The zero-order valence-corrected chi connectivity index (χ0v) is 13.7. The lowest BCUT2D eigenvalue weighted by atomic mass is 10.2. The molecule has 122 valence electrons. The van der Waals surface area contributed by atoms with E-state index in [4.69, 9.17) is 9.47 Å². The average Bonchev–Trinajstić information content (AvgIpc) is 2.60. The fourth-order valence-electron chi connectivity index (χ4n) is 2.40. The summed E-state index contributed by atoms with van der Waals surface area (Å²) in [7, 11) is -3.56. The van der Waals surface area contributed by atoms with Crippen molar-refractivity contribution in [1.29, 1.82) is 0 Å². The monoisotopic (exact) mass is 333 g/mol. The molecule has 1 aliphatic rings. The van der Waals surface area contributed by atoms with Crippen LogP contribution in [0, 0.1) is 0 Å². The zero-order chi connectivity index (χ0) is 16.3. The summed E-state index contributed by atoms with van der Waals surface area (Å²) in [6.45, 7) is 3.97. The fourth-order valence-corrected chi connectivity index (χ4v) is 3.70. The number of hydrogen-bond donors (Lipinski definition) is 1. The van der Waals surface area contributed by atoms with Gasteiger partial charge in [0.2, 0.25) is 9.84 Å². The number of sulfone groups is 1. The summed E-state index contributed by atoms with van der Waals surface area (Å²) in [5, 5.41) is 3.20. The quantitative estimate of drug-likeness (QED) is 0.909. The first-order valence-corrected chi connectivity index (χ1v) is 9.04. The van der Waals surface area contributed by atoms with Gasteiger partial charge < -0.3 is 14.8 Å². The van der Waals surface area contributed by atoms with Crippen molar-refractivity contribution in [3.05, 3.63) is 48.5 Å². The number of benzene rings is 2. The van der Waals surface area contributed by atoms with Crippen LogP contribution in [0.5, 0.6) is 11.5 Å². The molecule has 0 bridgehead atoms. The number of likely N-dealkylation sites (N-methyl/N-ethyl adjacent to an activating group) is 1. The third-order valence-electron chi connectivity index (χ3n) is 3.62. The Morgan fingerprint density at radius 3 is 2.61 bits per heavy atom. The third-order valence-corrected chi connectivity index (χ3v) is 5.39. The molecule has 1 N–H and O–H groups in total. The van der Waals surface area contributed by atoms with Gasteiger partial charge in [0.15, 0.2) is 11.5 Å². The molecule has 2 aromatic rings. The SMILES string of the molecule is CCNC[C@H]1COc2ccc(S(=O)(=O)c3ccccc3)cc2O1. The lowest BCUT2D eigenvalue weighted by Crippen LogP contribution is -2.38. The molecule has 1 aliphatic heterocycles. The van der Waals surface area contributed by atoms with Crippen molar-refractivity contribution >= 4 is 9.84 Å². The standard InChI is InChI=1S/C17H19NO4S/c1-2-18-11-13-12-21-16-9-8-15(10-17(16)22-13)23(19,20)14-6-4-3-5-7-14/h3-10,13,18H,2,11-12H2,1H3/t13-/m0/s1. The number of rotatable bonds is 5. The first-order valence-electron chi connectivity index (χ1n) is 7.55. The molecule has 0 saturated carbocycles. The Balaban J connectivity index is 1.89. The van der Waals surface area contributed by atoms with Crippen molar-refractivity contribution < 1.29 is 17.9 Å². The Morgan fingerprint density at radius 2 is 1.87 bits per heavy atom. The number of fused-ring (bicyclic) bond motifs is 1. The lowest BCUT2D eigenvalue weighted by Gasteiger charge is -2.27. The topological polar surface area (TPSA) is 64.6 Å². The summed E-state index contributed by atoms with van der Waals surface area (Å²) in [5.41, 5.74) is 0. The van der Waals surface area contributed by atoms with E-state index in [1.54, 1.807) is 42.5 Å². The first kappa shape index (κ1) is 15.8. The highest BCUT2D eigenvalue weighted by molar-refractivity contribution is 7.91. The molecule has 0 saturated heterocycles. The molecule has 0 spiro atoms. The minimum atomic E-state index is -3.56. The second kappa shape index (κ2) is 6.60. The summed E-state index contributed by atoms with van der Waals surface area (Å²) in [5.74, 6) is 1.04. The van der Waals surface area contributed by atoms with E-state index in [1.807, 2.05) is 6.92 Å². The molecule has 0 unspecified atom stereocenters. The molecular weight excluding hydrogens is 314 g/mol. The van der Waals surface area contributed by atoms with Gasteiger partial charge in [0.25, 0.3) is 0 Å². The minimum absolute atomic E-state index is 0.128. The summed E-state index contributed by atoms with van der Waals surface area (Å²) in [6.07, 6.45) is -0.128. The molecule has 1 atom stereocenters. The molecule has 0 radical (unpaired) electrons. The second-order valence-electron chi connectivity index (χ2n) is 5.28. The molecule has 0 aliphatic carbocycles. The predicted molar refractivity (Wildman–Crippen MR) is 86.8 cm³/mol. The van der Waals surface area contributed by atoms with Gasteiger partial charge >= 0.3 is 0 Å². The van der Waals surface area contributed by atoms with Crippen molar-refractivity contribution in [1.82, 2.24) is 5.32 Å². The molecule has 5 nitrogen and oxygen atoms in total. The van der Waals surface area contributed by atoms with Crippen LogP contribution in [0.25, 0.3) is 0 Å². The highest BCUT2D eigenvalue weighted by Crippen LogP contribution is 2.35. The van der Waals surface area contributed by atoms with Crippen LogP contribution < -0.4 is 14.8 Å². The summed E-state index contributed by atoms with van der Waals surface area (Å²) in [6, 6.07) is 13.1. The third kappa shape index (κ3) is 3.33. The molecule has 3 rings (SSSR count). The van der Waals surface area contributed by atoms with Gasteiger partial charge in [-0.1, -0.05) is 25.1 Å². The molecule has 0 aromatic heterocycles. The van der Waals surface area contributed by atoms with Gasteiger partial charge in [0, 0.05) is 12.6 Å². The largest absolute Gasteiger partial charge is 0.486 e. The van der Waals surface area contributed by atoms with Gasteiger partial charge in [0.05, 0.1) is 9.79 Å². The number of hydrogen-bond acceptors (Lipinski definition) is 5. The van der Waals surface area contributed by atoms with E-state index in [-0.39, 0.29) is 15.9 Å². The van der Waals surface area contributed by atoms with Crippen LogP contribution in [-0.2, 0) is 9.84 Å². The number of nitrogens with one attached hydrogen (secondary N) is 1. The zero-order valence-electron chi connectivity index (χ0n) is 12.9. The van der Waals surface area contributed by atoms with Crippen LogP contribution in [0.2, 0.25) is 0 Å². The normalized spacial score (nSPS) is 17.0. The molecule has 2 aromatic carbocycles. The Labute approximate surface area is 136 Å². The van der Waals surface area contributed by atoms with Crippen LogP contribution in [0.1, 0.15) is 6.92 Å². The maximum absolute atomic E-state index is 12.7. The Hall–Kier alpha value is -2.05. The molecular formula is C17H19NO4S. The Kier molecular flexibility index (Phi) is 4.54. The van der Waals surface area contributed by atoms with E-state index < -0.39 is 9.84 Å². The Bertz CT molecular complexity index is 774. The van der Waals surface area contributed by atoms with Crippen molar-refractivity contribution in [2.24, 2.45) is 0 Å². The van der Waals surface area contributed by atoms with Crippen LogP contribution in [-0.4, -0.2) is 34.2 Å². The van der Waals surface area contributed by atoms with Gasteiger partial charge in [-0.25, -0.2) is 8.42 Å².